The van der Waals surface area contributed by atoms with E-state index < -0.39 is 54.3 Å². The van der Waals surface area contributed by atoms with E-state index in [-0.39, 0.29) is 11.3 Å². The van der Waals surface area contributed by atoms with Crippen LogP contribution in [0.15, 0.2) is 48.5 Å². The van der Waals surface area contributed by atoms with Crippen LogP contribution in [0, 0.1) is 0 Å². The van der Waals surface area contributed by atoms with Crippen molar-refractivity contribution in [3.63, 3.8) is 0 Å². The third-order valence-electron chi connectivity index (χ3n) is 3.90. The number of anilines is 1. The van der Waals surface area contributed by atoms with E-state index in [1.807, 2.05) is 0 Å². The number of carbonyl (C=O) groups is 1. The summed E-state index contributed by atoms with van der Waals surface area (Å²) in [6, 6.07) is 6.05. The smallest absolute Gasteiger partial charge is 0.430 e. The molecule has 0 saturated carbocycles. The number of rotatable bonds is 8. The van der Waals surface area contributed by atoms with Crippen molar-refractivity contribution in [1.29, 1.82) is 0 Å². The molecule has 1 N–H and O–H groups in total. The van der Waals surface area contributed by atoms with Crippen molar-refractivity contribution in [2.24, 2.45) is 0 Å². The molecule has 0 aliphatic carbocycles. The number of benzene rings is 2. The third-order valence-corrected chi connectivity index (χ3v) is 3.90. The van der Waals surface area contributed by atoms with Crippen molar-refractivity contribution in [3.05, 3.63) is 54.1 Å². The largest absolute Gasteiger partial charge is 0.439 e. The molecule has 35 heavy (non-hydrogen) atoms. The second kappa shape index (κ2) is 9.73. The van der Waals surface area contributed by atoms with Crippen LogP contribution in [0.25, 0.3) is 0 Å². The van der Waals surface area contributed by atoms with Crippen LogP contribution in [0.4, 0.5) is 58.4 Å². The second-order valence-electron chi connectivity index (χ2n) is 6.64. The molecule has 0 aliphatic heterocycles. The van der Waals surface area contributed by atoms with Gasteiger partial charge in [-0.05, 0) is 48.5 Å². The van der Waals surface area contributed by atoms with Gasteiger partial charge in [-0.25, -0.2) is 8.78 Å². The monoisotopic (exact) mass is 529 g/mol. The number of hydrogen-bond acceptors (Lipinski definition) is 3. The molecular formula is C19H11F12NO3. The Kier molecular flexibility index (Phi) is 7.76. The van der Waals surface area contributed by atoms with Crippen molar-refractivity contribution in [3.8, 4) is 11.5 Å². The fourth-order valence-electron chi connectivity index (χ4n) is 2.28. The van der Waals surface area contributed by atoms with Gasteiger partial charge in [0, 0.05) is 11.3 Å². The number of carbonyl (C=O) groups excluding carboxylic acids is 1. The highest BCUT2D eigenvalue weighted by atomic mass is 19.4. The molecule has 2 unspecified atom stereocenters. The summed E-state index contributed by atoms with van der Waals surface area (Å²) in [7, 11) is 0. The Morgan fingerprint density at radius 3 is 1.31 bits per heavy atom. The van der Waals surface area contributed by atoms with Gasteiger partial charge in [0.2, 0.25) is 0 Å². The number of alkyl halides is 12. The fourth-order valence-corrected chi connectivity index (χ4v) is 2.28. The summed E-state index contributed by atoms with van der Waals surface area (Å²) in [6.07, 6.45) is -31.5. The quantitative estimate of drug-likeness (QED) is 0.388. The highest BCUT2D eigenvalue weighted by Crippen LogP contribution is 2.38. The fraction of sp³-hybridized carbons (Fsp3) is 0.316. The zero-order chi connectivity index (χ0) is 26.8. The first kappa shape index (κ1) is 27.9. The van der Waals surface area contributed by atoms with Gasteiger partial charge in [-0.15, -0.1) is 0 Å². The summed E-state index contributed by atoms with van der Waals surface area (Å²) in [4.78, 5) is 12.1. The van der Waals surface area contributed by atoms with Gasteiger partial charge in [-0.2, -0.15) is 43.9 Å². The summed E-state index contributed by atoms with van der Waals surface area (Å²) in [5.41, 5.74) is -0.402. The van der Waals surface area contributed by atoms with Gasteiger partial charge in [-0.3, -0.25) is 4.79 Å². The maximum atomic E-state index is 13.3. The number of halogens is 12. The SMILES string of the molecule is O=C(Nc1ccc(OC(F)(F)C(F)C(F)(F)F)cc1)c1ccc(OC(F)(F)C(F)C(F)(F)F)cc1. The lowest BCUT2D eigenvalue weighted by Gasteiger charge is -2.23. The molecule has 0 aromatic heterocycles. The molecule has 0 saturated heterocycles. The van der Waals surface area contributed by atoms with Crippen LogP contribution in [0.5, 0.6) is 11.5 Å². The molecule has 194 valence electrons. The molecule has 2 aromatic carbocycles. The minimum Gasteiger partial charge on any atom is -0.430 e. The number of ether oxygens (including phenoxy) is 2. The molecule has 0 spiro atoms. The maximum absolute atomic E-state index is 13.3. The normalized spacial score (nSPS) is 14.7. The van der Waals surface area contributed by atoms with E-state index in [4.69, 9.17) is 0 Å². The Balaban J connectivity index is 2.02. The molecule has 2 aromatic rings. The van der Waals surface area contributed by atoms with E-state index in [1.54, 1.807) is 0 Å². The Labute approximate surface area is 187 Å². The van der Waals surface area contributed by atoms with Crippen LogP contribution in [0.2, 0.25) is 0 Å². The standard InChI is InChI=1S/C19H11F12NO3/c20-14(16(22,23)24)18(28,29)34-11-5-1-9(2-6-11)13(33)32-10-3-7-12(8-4-10)35-19(30,31)15(21)17(25,26)27/h1-8,14-15H,(H,32,33). The van der Waals surface area contributed by atoms with E-state index in [0.717, 1.165) is 24.3 Å². The molecule has 0 aliphatic rings. The average molecular weight is 529 g/mol. The molecular weight excluding hydrogens is 518 g/mol. The second-order valence-corrected chi connectivity index (χ2v) is 6.64. The molecule has 2 atom stereocenters. The van der Waals surface area contributed by atoms with Crippen molar-refractivity contribution in [2.45, 2.75) is 36.9 Å². The van der Waals surface area contributed by atoms with Crippen LogP contribution in [-0.4, -0.2) is 42.8 Å². The van der Waals surface area contributed by atoms with Gasteiger partial charge >= 0.3 is 24.6 Å². The Morgan fingerprint density at radius 2 is 0.971 bits per heavy atom. The van der Waals surface area contributed by atoms with Crippen molar-refractivity contribution in [1.82, 2.24) is 0 Å². The van der Waals surface area contributed by atoms with Crippen LogP contribution in [0.1, 0.15) is 10.4 Å². The number of amides is 1. The lowest BCUT2D eigenvalue weighted by molar-refractivity contribution is -0.305. The minimum atomic E-state index is -5.90. The van der Waals surface area contributed by atoms with Gasteiger partial charge in [0.25, 0.3) is 18.3 Å². The predicted molar refractivity (Wildman–Crippen MR) is 93.9 cm³/mol. The summed E-state index contributed by atoms with van der Waals surface area (Å²) in [5, 5.41) is 2.17. The van der Waals surface area contributed by atoms with E-state index in [2.05, 4.69) is 14.8 Å². The van der Waals surface area contributed by atoms with Crippen LogP contribution >= 0.6 is 0 Å². The van der Waals surface area contributed by atoms with Gasteiger partial charge in [0.1, 0.15) is 11.5 Å². The molecule has 2 rings (SSSR count). The van der Waals surface area contributed by atoms with Gasteiger partial charge in [0.05, 0.1) is 0 Å². The molecule has 0 bridgehead atoms. The first-order chi connectivity index (χ1) is 15.8. The first-order valence-corrected chi connectivity index (χ1v) is 8.89. The minimum absolute atomic E-state index is 0.129. The Hall–Kier alpha value is -3.33. The summed E-state index contributed by atoms with van der Waals surface area (Å²) in [6.45, 7) is 0. The zero-order valence-corrected chi connectivity index (χ0v) is 16.5. The number of hydrogen-bond donors (Lipinski definition) is 1. The lowest BCUT2D eigenvalue weighted by atomic mass is 10.2. The predicted octanol–water partition coefficient (Wildman–Crippen LogP) is 6.68. The van der Waals surface area contributed by atoms with Crippen molar-refractivity contribution in [2.75, 3.05) is 5.32 Å². The van der Waals surface area contributed by atoms with Gasteiger partial charge < -0.3 is 14.8 Å². The molecule has 1 amide bonds. The molecule has 0 radical (unpaired) electrons. The van der Waals surface area contributed by atoms with Crippen molar-refractivity contribution < 1.29 is 67.0 Å². The Morgan fingerprint density at radius 1 is 0.629 bits per heavy atom. The lowest BCUT2D eigenvalue weighted by Crippen LogP contribution is -2.45. The van der Waals surface area contributed by atoms with E-state index in [1.165, 1.54) is 0 Å². The summed E-state index contributed by atoms with van der Waals surface area (Å²) in [5.74, 6) is -2.75. The van der Waals surface area contributed by atoms with Crippen LogP contribution < -0.4 is 14.8 Å². The number of nitrogens with one attached hydrogen (secondary N) is 1. The molecule has 4 nitrogen and oxygen atoms in total. The van der Waals surface area contributed by atoms with E-state index >= 15 is 0 Å². The zero-order valence-electron chi connectivity index (χ0n) is 16.5. The first-order valence-electron chi connectivity index (χ1n) is 8.89. The summed E-state index contributed by atoms with van der Waals surface area (Å²) >= 11 is 0. The summed E-state index contributed by atoms with van der Waals surface area (Å²) < 4.78 is 159. The van der Waals surface area contributed by atoms with E-state index in [0.29, 0.717) is 24.3 Å². The highest BCUT2D eigenvalue weighted by molar-refractivity contribution is 6.04. The van der Waals surface area contributed by atoms with Crippen molar-refractivity contribution >= 4 is 11.6 Å². The maximum Gasteiger partial charge on any atom is 0.439 e. The highest BCUT2D eigenvalue weighted by Gasteiger charge is 2.60. The van der Waals surface area contributed by atoms with Gasteiger partial charge in [-0.1, -0.05) is 0 Å². The van der Waals surface area contributed by atoms with Crippen LogP contribution in [-0.2, 0) is 0 Å². The van der Waals surface area contributed by atoms with Gasteiger partial charge in [0.15, 0.2) is 0 Å². The third kappa shape index (κ3) is 7.32. The Bertz CT molecular complexity index is 1000. The van der Waals surface area contributed by atoms with E-state index in [9.17, 15) is 57.5 Å². The molecule has 0 fully saturated rings. The average Bonchev–Trinajstić information content (AvgIpc) is 2.72. The topological polar surface area (TPSA) is 47.6 Å². The molecule has 16 heteroatoms. The van der Waals surface area contributed by atoms with Crippen LogP contribution in [0.3, 0.4) is 0 Å². The molecule has 0 heterocycles.